The molecule has 0 bridgehead atoms. The third-order valence-electron chi connectivity index (χ3n) is 5.57. The molecule has 8 heteroatoms. The first-order valence-corrected chi connectivity index (χ1v) is 12.5. The van der Waals surface area contributed by atoms with Crippen LogP contribution in [-0.4, -0.2) is 56.6 Å². The Morgan fingerprint density at radius 2 is 1.79 bits per heavy atom. The van der Waals surface area contributed by atoms with Gasteiger partial charge in [-0.05, 0) is 64.1 Å². The summed E-state index contributed by atoms with van der Waals surface area (Å²) in [4.78, 5) is 20.4. The van der Waals surface area contributed by atoms with Crippen molar-refractivity contribution < 1.29 is 9.84 Å². The summed E-state index contributed by atoms with van der Waals surface area (Å²) in [5.74, 6) is 0.922. The van der Waals surface area contributed by atoms with Crippen LogP contribution in [0.2, 0.25) is 0 Å². The molecular weight excluding hydrogens is 448 g/mol. The number of aromatic nitrogens is 2. The second kappa shape index (κ2) is 12.0. The van der Waals surface area contributed by atoms with Crippen molar-refractivity contribution in [1.29, 1.82) is 5.26 Å². The van der Waals surface area contributed by atoms with E-state index < -0.39 is 6.10 Å². The Balaban J connectivity index is 1.73. The SMILES string of the molecule is CC(C)N(CCn1c(SCC(O)COc2ccc(C#N)cc2)nc2ccccc2c1=O)C(C)C. The molecule has 0 radical (unpaired) electrons. The summed E-state index contributed by atoms with van der Waals surface area (Å²) in [7, 11) is 0. The third-order valence-corrected chi connectivity index (χ3v) is 6.69. The van der Waals surface area contributed by atoms with E-state index in [2.05, 4.69) is 38.7 Å². The van der Waals surface area contributed by atoms with E-state index in [1.165, 1.54) is 11.8 Å². The van der Waals surface area contributed by atoms with E-state index >= 15 is 0 Å². The minimum Gasteiger partial charge on any atom is -0.491 e. The van der Waals surface area contributed by atoms with Crippen molar-refractivity contribution in [2.45, 2.75) is 57.6 Å². The number of para-hydroxylation sites is 1. The number of nitrogens with zero attached hydrogens (tertiary/aromatic N) is 4. The first-order chi connectivity index (χ1) is 16.3. The van der Waals surface area contributed by atoms with Crippen LogP contribution in [-0.2, 0) is 6.54 Å². The molecule has 0 saturated heterocycles. The zero-order valence-electron chi connectivity index (χ0n) is 20.1. The molecule has 0 aliphatic heterocycles. The Hall–Kier alpha value is -2.86. The van der Waals surface area contributed by atoms with E-state index in [1.54, 1.807) is 34.9 Å². The summed E-state index contributed by atoms with van der Waals surface area (Å²) >= 11 is 1.35. The van der Waals surface area contributed by atoms with Gasteiger partial charge < -0.3 is 9.84 Å². The highest BCUT2D eigenvalue weighted by Crippen LogP contribution is 2.20. The second-order valence-electron chi connectivity index (χ2n) is 8.71. The molecule has 3 rings (SSSR count). The molecule has 7 nitrogen and oxygen atoms in total. The zero-order chi connectivity index (χ0) is 24.7. The summed E-state index contributed by atoms with van der Waals surface area (Å²) in [5.41, 5.74) is 1.14. The Morgan fingerprint density at radius 3 is 2.44 bits per heavy atom. The minimum atomic E-state index is -0.750. The maximum atomic E-state index is 13.3. The number of nitriles is 1. The van der Waals surface area contributed by atoms with Gasteiger partial charge in [0.1, 0.15) is 12.4 Å². The van der Waals surface area contributed by atoms with Crippen molar-refractivity contribution in [3.63, 3.8) is 0 Å². The molecule has 0 fully saturated rings. The predicted molar refractivity (Wildman–Crippen MR) is 136 cm³/mol. The predicted octanol–water partition coefficient (Wildman–Crippen LogP) is 3.92. The van der Waals surface area contributed by atoms with E-state index in [-0.39, 0.29) is 12.2 Å². The fraction of sp³-hybridized carbons (Fsp3) is 0.423. The van der Waals surface area contributed by atoms with Gasteiger partial charge in [-0.1, -0.05) is 23.9 Å². The van der Waals surface area contributed by atoms with Crippen molar-refractivity contribution in [2.75, 3.05) is 18.9 Å². The second-order valence-corrected chi connectivity index (χ2v) is 9.69. The molecule has 3 aromatic rings. The minimum absolute atomic E-state index is 0.0658. The standard InChI is InChI=1S/C26H32N4O3S/c1-18(2)29(19(3)4)13-14-30-25(32)23-7-5-6-8-24(23)28-26(30)34-17-21(31)16-33-22-11-9-20(15-27)10-12-22/h5-12,18-19,21,31H,13-14,16-17H2,1-4H3. The summed E-state index contributed by atoms with van der Waals surface area (Å²) in [6.45, 7) is 9.97. The van der Waals surface area contributed by atoms with E-state index in [0.29, 0.717) is 51.8 Å². The number of thioether (sulfide) groups is 1. The van der Waals surface area contributed by atoms with Crippen LogP contribution in [0.5, 0.6) is 5.75 Å². The molecule has 0 amide bonds. The van der Waals surface area contributed by atoms with Gasteiger partial charge in [0.15, 0.2) is 5.16 Å². The van der Waals surface area contributed by atoms with Crippen LogP contribution in [0.3, 0.4) is 0 Å². The monoisotopic (exact) mass is 480 g/mol. The van der Waals surface area contributed by atoms with Crippen molar-refractivity contribution in [3.8, 4) is 11.8 Å². The average molecular weight is 481 g/mol. The molecule has 0 saturated carbocycles. The first kappa shape index (κ1) is 25.8. The van der Waals surface area contributed by atoms with Crippen molar-refractivity contribution in [3.05, 3.63) is 64.4 Å². The Bertz CT molecular complexity index is 1180. The number of hydrogen-bond acceptors (Lipinski definition) is 7. The highest BCUT2D eigenvalue weighted by molar-refractivity contribution is 7.99. The number of aliphatic hydroxyl groups is 1. The Labute approximate surface area is 205 Å². The molecule has 180 valence electrons. The van der Waals surface area contributed by atoms with Crippen LogP contribution >= 0.6 is 11.8 Å². The van der Waals surface area contributed by atoms with Crippen LogP contribution in [0.25, 0.3) is 10.9 Å². The van der Waals surface area contributed by atoms with Gasteiger partial charge >= 0.3 is 0 Å². The van der Waals surface area contributed by atoms with Crippen LogP contribution in [0.4, 0.5) is 0 Å². The molecule has 2 aromatic carbocycles. The molecule has 1 heterocycles. The fourth-order valence-corrected chi connectivity index (χ4v) is 4.75. The third kappa shape index (κ3) is 6.60. The van der Waals surface area contributed by atoms with Gasteiger partial charge in [0.05, 0.1) is 28.6 Å². The first-order valence-electron chi connectivity index (χ1n) is 11.5. The molecule has 1 N–H and O–H groups in total. The van der Waals surface area contributed by atoms with Gasteiger partial charge in [0.2, 0.25) is 0 Å². The maximum Gasteiger partial charge on any atom is 0.262 e. The lowest BCUT2D eigenvalue weighted by Crippen LogP contribution is -2.40. The topological polar surface area (TPSA) is 91.4 Å². The summed E-state index contributed by atoms with van der Waals surface area (Å²) in [5, 5.41) is 20.6. The Kier molecular flexibility index (Phi) is 9.11. The molecule has 0 aliphatic carbocycles. The van der Waals surface area contributed by atoms with E-state index in [4.69, 9.17) is 15.0 Å². The van der Waals surface area contributed by atoms with Gasteiger partial charge in [0.25, 0.3) is 5.56 Å². The quantitative estimate of drug-likeness (QED) is 0.328. The molecule has 1 unspecified atom stereocenters. The lowest BCUT2D eigenvalue weighted by molar-refractivity contribution is 0.126. The van der Waals surface area contributed by atoms with Gasteiger partial charge in [-0.15, -0.1) is 0 Å². The van der Waals surface area contributed by atoms with Crippen molar-refractivity contribution in [1.82, 2.24) is 14.5 Å². The van der Waals surface area contributed by atoms with Crippen molar-refractivity contribution >= 4 is 22.7 Å². The van der Waals surface area contributed by atoms with Crippen LogP contribution in [0, 0.1) is 11.3 Å². The fourth-order valence-electron chi connectivity index (χ4n) is 3.82. The largest absolute Gasteiger partial charge is 0.491 e. The number of hydrogen-bond donors (Lipinski definition) is 1. The Morgan fingerprint density at radius 1 is 1.12 bits per heavy atom. The molecular formula is C26H32N4O3S. The lowest BCUT2D eigenvalue weighted by Gasteiger charge is -2.30. The van der Waals surface area contributed by atoms with E-state index in [0.717, 1.165) is 6.54 Å². The number of rotatable bonds is 11. The number of ether oxygens (including phenoxy) is 1. The van der Waals surface area contributed by atoms with Gasteiger partial charge in [0, 0.05) is 30.9 Å². The van der Waals surface area contributed by atoms with Crippen LogP contribution in [0.1, 0.15) is 33.3 Å². The summed E-state index contributed by atoms with van der Waals surface area (Å²) in [6.07, 6.45) is -0.750. The van der Waals surface area contributed by atoms with E-state index in [1.807, 2.05) is 18.2 Å². The molecule has 1 aromatic heterocycles. The molecule has 34 heavy (non-hydrogen) atoms. The number of aliphatic hydroxyl groups excluding tert-OH is 1. The summed E-state index contributed by atoms with van der Waals surface area (Å²) < 4.78 is 7.36. The van der Waals surface area contributed by atoms with Crippen molar-refractivity contribution in [2.24, 2.45) is 0 Å². The number of fused-ring (bicyclic) bond motifs is 1. The van der Waals surface area contributed by atoms with Gasteiger partial charge in [-0.2, -0.15) is 5.26 Å². The molecule has 0 spiro atoms. The highest BCUT2D eigenvalue weighted by atomic mass is 32.2. The average Bonchev–Trinajstić information content (AvgIpc) is 2.82. The molecule has 1 atom stereocenters. The number of benzene rings is 2. The smallest absolute Gasteiger partial charge is 0.262 e. The van der Waals surface area contributed by atoms with Gasteiger partial charge in [-0.3, -0.25) is 14.3 Å². The van der Waals surface area contributed by atoms with E-state index in [9.17, 15) is 9.90 Å². The lowest BCUT2D eigenvalue weighted by atomic mass is 10.2. The highest BCUT2D eigenvalue weighted by Gasteiger charge is 2.17. The van der Waals surface area contributed by atoms with Crippen LogP contribution in [0.15, 0.2) is 58.5 Å². The molecule has 0 aliphatic rings. The normalized spacial score (nSPS) is 12.4. The maximum absolute atomic E-state index is 13.3. The summed E-state index contributed by atoms with van der Waals surface area (Å²) in [6, 6.07) is 16.9. The zero-order valence-corrected chi connectivity index (χ0v) is 21.0. The van der Waals surface area contributed by atoms with Crippen LogP contribution < -0.4 is 10.3 Å². The van der Waals surface area contributed by atoms with Gasteiger partial charge in [-0.25, -0.2) is 4.98 Å².